The lowest BCUT2D eigenvalue weighted by Gasteiger charge is -1.97. The van der Waals surface area contributed by atoms with Gasteiger partial charge >= 0.3 is 5.97 Å². The van der Waals surface area contributed by atoms with Gasteiger partial charge in [0, 0.05) is 16.5 Å². The first-order valence-electron chi connectivity index (χ1n) is 6.17. The molecule has 0 aliphatic heterocycles. The molecule has 2 aromatic rings. The van der Waals surface area contributed by atoms with E-state index in [1.165, 1.54) is 38.5 Å². The zero-order valence-corrected chi connectivity index (χ0v) is 12.6. The minimum Gasteiger partial charge on any atom is -0.491 e. The van der Waals surface area contributed by atoms with E-state index in [-0.39, 0.29) is 22.2 Å². The van der Waals surface area contributed by atoms with Crippen molar-refractivity contribution in [1.82, 2.24) is 4.98 Å². The molecular weight excluding hydrogens is 310 g/mol. The van der Waals surface area contributed by atoms with Gasteiger partial charge in [0.25, 0.3) is 5.56 Å². The maximum Gasteiger partial charge on any atom is 0.330 e. The van der Waals surface area contributed by atoms with Gasteiger partial charge in [-0.15, -0.1) is 0 Å². The fourth-order valence-electron chi connectivity index (χ4n) is 1.94. The lowest BCUT2D eigenvalue weighted by atomic mass is 10.1. The highest BCUT2D eigenvalue weighted by atomic mass is 35.5. The van der Waals surface area contributed by atoms with Crippen molar-refractivity contribution in [2.24, 2.45) is 0 Å². The summed E-state index contributed by atoms with van der Waals surface area (Å²) in [5, 5.41) is 0.619. The molecule has 114 valence electrons. The summed E-state index contributed by atoms with van der Waals surface area (Å²) in [5.74, 6) is -0.853. The summed E-state index contributed by atoms with van der Waals surface area (Å²) in [4.78, 5) is 38.5. The predicted molar refractivity (Wildman–Crippen MR) is 83.5 cm³/mol. The number of hydrogen-bond donors (Lipinski definition) is 1. The molecule has 22 heavy (non-hydrogen) atoms. The van der Waals surface area contributed by atoms with Crippen LogP contribution in [0.25, 0.3) is 17.0 Å². The van der Waals surface area contributed by atoms with Gasteiger partial charge in [0.05, 0.1) is 25.3 Å². The lowest BCUT2D eigenvalue weighted by molar-refractivity contribution is -0.134. The first-order valence-corrected chi connectivity index (χ1v) is 6.55. The number of benzene rings is 1. The van der Waals surface area contributed by atoms with Crippen LogP contribution in [0.2, 0.25) is 5.02 Å². The van der Waals surface area contributed by atoms with Crippen molar-refractivity contribution in [3.63, 3.8) is 0 Å². The van der Waals surface area contributed by atoms with Gasteiger partial charge in [-0.1, -0.05) is 11.6 Å². The van der Waals surface area contributed by atoms with E-state index >= 15 is 0 Å². The van der Waals surface area contributed by atoms with Gasteiger partial charge in [0.1, 0.15) is 0 Å². The normalized spacial score (nSPS) is 10.9. The third kappa shape index (κ3) is 3.01. The summed E-state index contributed by atoms with van der Waals surface area (Å²) in [5.41, 5.74) is -0.853. The zero-order valence-electron chi connectivity index (χ0n) is 11.8. The molecule has 1 heterocycles. The average molecular weight is 322 g/mol. The topological polar surface area (TPSA) is 85.5 Å². The maximum absolute atomic E-state index is 12.6. The molecule has 1 aromatic carbocycles. The van der Waals surface area contributed by atoms with E-state index in [1.807, 2.05) is 0 Å². The van der Waals surface area contributed by atoms with Crippen molar-refractivity contribution >= 4 is 34.5 Å². The van der Waals surface area contributed by atoms with Crippen LogP contribution in [0.15, 0.2) is 33.9 Å². The van der Waals surface area contributed by atoms with Crippen LogP contribution in [0.1, 0.15) is 5.56 Å². The monoisotopic (exact) mass is 321 g/mol. The number of aromatic nitrogens is 1. The predicted octanol–water partition coefficient (Wildman–Crippen LogP) is 1.74. The van der Waals surface area contributed by atoms with Crippen LogP contribution in [0, 0.1) is 0 Å². The molecule has 0 saturated carbocycles. The Morgan fingerprint density at radius 3 is 2.64 bits per heavy atom. The molecule has 0 unspecified atom stereocenters. The van der Waals surface area contributed by atoms with Crippen molar-refractivity contribution in [3.05, 3.63) is 55.4 Å². The summed E-state index contributed by atoms with van der Waals surface area (Å²) in [6, 6.07) is 4.49. The Balaban J connectivity index is 2.90. The maximum atomic E-state index is 12.6. The minimum absolute atomic E-state index is 0.0496. The molecule has 0 atom stereocenters. The minimum atomic E-state index is -0.656. The fraction of sp³-hybridized carbons (Fsp3) is 0.133. The molecular formula is C15H12ClNO5. The standard InChI is InChI=1S/C15H12ClNO5/c1-21-12(18)6-5-10-13(19)9-4-3-8(16)7-11(9)17-15(20)14(10)22-2/h3-7H,1-2H3,(H,17,20). The van der Waals surface area contributed by atoms with Crippen molar-refractivity contribution in [1.29, 1.82) is 0 Å². The van der Waals surface area contributed by atoms with Crippen LogP contribution in [0.5, 0.6) is 5.75 Å². The summed E-state index contributed by atoms with van der Waals surface area (Å²) in [6.07, 6.45) is 2.23. The van der Waals surface area contributed by atoms with Gasteiger partial charge in [-0.05, 0) is 24.3 Å². The summed E-state index contributed by atoms with van der Waals surface area (Å²) < 4.78 is 9.47. The van der Waals surface area contributed by atoms with Crippen molar-refractivity contribution in [2.45, 2.75) is 0 Å². The Labute approximate surface area is 129 Å². The van der Waals surface area contributed by atoms with Crippen LogP contribution in [0.3, 0.4) is 0 Å². The highest BCUT2D eigenvalue weighted by molar-refractivity contribution is 6.31. The first-order chi connectivity index (χ1) is 10.5. The molecule has 0 saturated heterocycles. The number of carbonyl (C=O) groups excluding carboxylic acids is 1. The molecule has 7 heteroatoms. The van der Waals surface area contributed by atoms with E-state index in [1.54, 1.807) is 0 Å². The van der Waals surface area contributed by atoms with Crippen molar-refractivity contribution in [2.75, 3.05) is 14.2 Å². The number of hydrogen-bond acceptors (Lipinski definition) is 5. The van der Waals surface area contributed by atoms with Crippen LogP contribution in [-0.4, -0.2) is 25.2 Å². The smallest absolute Gasteiger partial charge is 0.330 e. The number of H-pyrrole nitrogens is 1. The number of aromatic amines is 1. The van der Waals surface area contributed by atoms with Crippen LogP contribution in [0.4, 0.5) is 0 Å². The fourth-order valence-corrected chi connectivity index (χ4v) is 2.11. The second kappa shape index (κ2) is 6.44. The molecule has 0 aliphatic carbocycles. The van der Waals surface area contributed by atoms with E-state index in [9.17, 15) is 14.4 Å². The number of rotatable bonds is 3. The second-order valence-electron chi connectivity index (χ2n) is 4.28. The van der Waals surface area contributed by atoms with Crippen LogP contribution in [-0.2, 0) is 9.53 Å². The van der Waals surface area contributed by atoms with Gasteiger partial charge in [0.2, 0.25) is 0 Å². The molecule has 0 spiro atoms. The average Bonchev–Trinajstić information content (AvgIpc) is 2.59. The molecule has 0 radical (unpaired) electrons. The van der Waals surface area contributed by atoms with Gasteiger partial charge in [0.15, 0.2) is 11.2 Å². The number of esters is 1. The highest BCUT2D eigenvalue weighted by Gasteiger charge is 2.12. The zero-order chi connectivity index (χ0) is 16.3. The Bertz CT molecular complexity index is 885. The van der Waals surface area contributed by atoms with E-state index in [0.717, 1.165) is 6.08 Å². The third-order valence-electron chi connectivity index (χ3n) is 2.96. The summed E-state index contributed by atoms with van der Waals surface area (Å²) >= 11 is 5.87. The summed E-state index contributed by atoms with van der Waals surface area (Å²) in [6.45, 7) is 0. The number of nitrogens with one attached hydrogen (secondary N) is 1. The van der Waals surface area contributed by atoms with E-state index < -0.39 is 17.0 Å². The highest BCUT2D eigenvalue weighted by Crippen LogP contribution is 2.17. The Morgan fingerprint density at radius 2 is 2.00 bits per heavy atom. The first kappa shape index (κ1) is 15.8. The third-order valence-corrected chi connectivity index (χ3v) is 3.20. The number of carbonyl (C=O) groups is 1. The van der Waals surface area contributed by atoms with Crippen molar-refractivity contribution < 1.29 is 14.3 Å². The molecule has 0 fully saturated rings. The Morgan fingerprint density at radius 1 is 1.27 bits per heavy atom. The van der Waals surface area contributed by atoms with Gasteiger partial charge in [-0.3, -0.25) is 9.59 Å². The van der Waals surface area contributed by atoms with E-state index in [0.29, 0.717) is 5.02 Å². The molecule has 0 aliphatic rings. The molecule has 2 rings (SSSR count). The second-order valence-corrected chi connectivity index (χ2v) is 4.71. The van der Waals surface area contributed by atoms with Crippen LogP contribution < -0.4 is 15.7 Å². The Hall–Kier alpha value is -2.60. The largest absolute Gasteiger partial charge is 0.491 e. The molecule has 6 nitrogen and oxygen atoms in total. The number of fused-ring (bicyclic) bond motifs is 1. The molecule has 0 amide bonds. The molecule has 1 N–H and O–H groups in total. The van der Waals surface area contributed by atoms with Crippen LogP contribution >= 0.6 is 11.6 Å². The number of ether oxygens (including phenoxy) is 2. The van der Waals surface area contributed by atoms with E-state index in [2.05, 4.69) is 9.72 Å². The number of methoxy groups -OCH3 is 2. The van der Waals surface area contributed by atoms with E-state index in [4.69, 9.17) is 16.3 Å². The number of halogens is 1. The van der Waals surface area contributed by atoms with Gasteiger partial charge < -0.3 is 14.5 Å². The van der Waals surface area contributed by atoms with Crippen molar-refractivity contribution in [3.8, 4) is 5.75 Å². The SMILES string of the molecule is COC(=O)C=Cc1c(OC)c(=O)[nH]c2cc(Cl)ccc2c1=O. The quantitative estimate of drug-likeness (QED) is 0.687. The Kier molecular flexibility index (Phi) is 4.62. The summed E-state index contributed by atoms with van der Waals surface area (Å²) in [7, 11) is 2.47. The van der Waals surface area contributed by atoms with Gasteiger partial charge in [-0.25, -0.2) is 4.79 Å². The lowest BCUT2D eigenvalue weighted by Crippen LogP contribution is -2.10. The molecule has 1 aromatic heterocycles. The van der Waals surface area contributed by atoms with Gasteiger partial charge in [-0.2, -0.15) is 0 Å². The molecule has 0 bridgehead atoms.